The lowest BCUT2D eigenvalue weighted by Crippen LogP contribution is -2.34. The van der Waals surface area contributed by atoms with Crippen molar-refractivity contribution < 1.29 is 4.39 Å². The van der Waals surface area contributed by atoms with Crippen LogP contribution < -0.4 is 5.32 Å². The van der Waals surface area contributed by atoms with Crippen LogP contribution in [-0.4, -0.2) is 12.6 Å². The normalized spacial score (nSPS) is 13.7. The minimum absolute atomic E-state index is 0.116. The molecule has 0 fully saturated rings. The van der Waals surface area contributed by atoms with Crippen molar-refractivity contribution in [2.75, 3.05) is 6.54 Å². The van der Waals surface area contributed by atoms with E-state index in [1.54, 1.807) is 6.07 Å². The molecule has 0 aliphatic heterocycles. The molecule has 3 heteroatoms. The zero-order valence-electron chi connectivity index (χ0n) is 11.7. The average Bonchev–Trinajstić information content (AvgIpc) is 2.21. The first kappa shape index (κ1) is 15.6. The molecule has 1 aromatic rings. The molecule has 0 saturated carbocycles. The van der Waals surface area contributed by atoms with Gasteiger partial charge in [0.2, 0.25) is 0 Å². The number of halogens is 2. The third kappa shape index (κ3) is 5.49. The zero-order chi connectivity index (χ0) is 13.8. The Bertz CT molecular complexity index is 385. The number of hydrogen-bond donors (Lipinski definition) is 1. The van der Waals surface area contributed by atoms with E-state index in [2.05, 4.69) is 48.9 Å². The maximum Gasteiger partial charge on any atom is 0.126 e. The predicted octanol–water partition coefficient (Wildman–Crippen LogP) is 4.55. The maximum atomic E-state index is 13.8. The fourth-order valence-corrected chi connectivity index (χ4v) is 2.62. The summed E-state index contributed by atoms with van der Waals surface area (Å²) in [6.07, 6.45) is 1.77. The SMILES string of the molecule is CCNC(Cc1cc(Br)ccc1F)CC(C)(C)C. The molecule has 0 radical (unpaired) electrons. The molecule has 1 nitrogen and oxygen atoms in total. The highest BCUT2D eigenvalue weighted by molar-refractivity contribution is 9.10. The van der Waals surface area contributed by atoms with Gasteiger partial charge in [-0.05, 0) is 48.6 Å². The molecule has 1 aromatic carbocycles. The summed E-state index contributed by atoms with van der Waals surface area (Å²) in [7, 11) is 0. The molecular weight excluding hydrogens is 293 g/mol. The molecule has 0 amide bonds. The molecule has 18 heavy (non-hydrogen) atoms. The first-order chi connectivity index (χ1) is 8.31. The largest absolute Gasteiger partial charge is 0.314 e. The van der Waals surface area contributed by atoms with E-state index < -0.39 is 0 Å². The van der Waals surface area contributed by atoms with Crippen molar-refractivity contribution >= 4 is 15.9 Å². The summed E-state index contributed by atoms with van der Waals surface area (Å²) in [4.78, 5) is 0. The molecule has 0 spiro atoms. The van der Waals surface area contributed by atoms with Crippen LogP contribution >= 0.6 is 15.9 Å². The summed E-state index contributed by atoms with van der Waals surface area (Å²) in [6.45, 7) is 9.65. The summed E-state index contributed by atoms with van der Waals surface area (Å²) in [5.74, 6) is -0.116. The fraction of sp³-hybridized carbons (Fsp3) is 0.600. The van der Waals surface area contributed by atoms with Gasteiger partial charge in [-0.2, -0.15) is 0 Å². The van der Waals surface area contributed by atoms with Crippen molar-refractivity contribution in [2.24, 2.45) is 5.41 Å². The predicted molar refractivity (Wildman–Crippen MR) is 79.3 cm³/mol. The van der Waals surface area contributed by atoms with Crippen molar-refractivity contribution in [2.45, 2.75) is 46.6 Å². The molecule has 1 N–H and O–H groups in total. The Morgan fingerprint density at radius 3 is 2.56 bits per heavy atom. The summed E-state index contributed by atoms with van der Waals surface area (Å²) < 4.78 is 14.7. The van der Waals surface area contributed by atoms with Crippen LogP contribution in [0.3, 0.4) is 0 Å². The van der Waals surface area contributed by atoms with Gasteiger partial charge >= 0.3 is 0 Å². The van der Waals surface area contributed by atoms with E-state index in [0.29, 0.717) is 6.04 Å². The van der Waals surface area contributed by atoms with Crippen LogP contribution in [0.5, 0.6) is 0 Å². The topological polar surface area (TPSA) is 12.0 Å². The summed E-state index contributed by atoms with van der Waals surface area (Å²) in [6, 6.07) is 5.46. The highest BCUT2D eigenvalue weighted by atomic mass is 79.9. The van der Waals surface area contributed by atoms with E-state index in [4.69, 9.17) is 0 Å². The molecule has 0 aromatic heterocycles. The Hall–Kier alpha value is -0.410. The lowest BCUT2D eigenvalue weighted by Gasteiger charge is -2.27. The molecule has 0 aliphatic rings. The van der Waals surface area contributed by atoms with Gasteiger partial charge in [0.25, 0.3) is 0 Å². The Balaban J connectivity index is 2.79. The van der Waals surface area contributed by atoms with E-state index in [-0.39, 0.29) is 11.2 Å². The van der Waals surface area contributed by atoms with Crippen molar-refractivity contribution in [1.29, 1.82) is 0 Å². The van der Waals surface area contributed by atoms with Crippen LogP contribution in [-0.2, 0) is 6.42 Å². The Morgan fingerprint density at radius 1 is 1.33 bits per heavy atom. The molecule has 1 atom stereocenters. The smallest absolute Gasteiger partial charge is 0.126 e. The number of likely N-dealkylation sites (N-methyl/N-ethyl adjacent to an activating group) is 1. The van der Waals surface area contributed by atoms with Crippen LogP contribution in [0.2, 0.25) is 0 Å². The quantitative estimate of drug-likeness (QED) is 0.840. The maximum absolute atomic E-state index is 13.8. The van der Waals surface area contributed by atoms with Crippen LogP contribution in [0.4, 0.5) is 4.39 Å². The summed E-state index contributed by atoms with van der Waals surface area (Å²) >= 11 is 3.40. The van der Waals surface area contributed by atoms with E-state index in [1.807, 2.05) is 6.07 Å². The lowest BCUT2D eigenvalue weighted by atomic mass is 9.86. The van der Waals surface area contributed by atoms with Crippen molar-refractivity contribution in [3.05, 3.63) is 34.1 Å². The molecule has 1 rings (SSSR count). The first-order valence-electron chi connectivity index (χ1n) is 6.49. The highest BCUT2D eigenvalue weighted by Crippen LogP contribution is 2.24. The fourth-order valence-electron chi connectivity index (χ4n) is 2.21. The van der Waals surface area contributed by atoms with Crippen LogP contribution in [0.15, 0.2) is 22.7 Å². The Labute approximate surface area is 118 Å². The number of benzene rings is 1. The van der Waals surface area contributed by atoms with Gasteiger partial charge in [0, 0.05) is 10.5 Å². The van der Waals surface area contributed by atoms with Gasteiger partial charge in [0.05, 0.1) is 0 Å². The first-order valence-corrected chi connectivity index (χ1v) is 7.28. The van der Waals surface area contributed by atoms with Crippen molar-refractivity contribution in [1.82, 2.24) is 5.32 Å². The minimum atomic E-state index is -0.116. The molecular formula is C15H23BrFN. The van der Waals surface area contributed by atoms with Gasteiger partial charge in [0.1, 0.15) is 5.82 Å². The van der Waals surface area contributed by atoms with Gasteiger partial charge in [0.15, 0.2) is 0 Å². The third-order valence-electron chi connectivity index (χ3n) is 2.83. The van der Waals surface area contributed by atoms with Crippen molar-refractivity contribution in [3.8, 4) is 0 Å². The number of hydrogen-bond acceptors (Lipinski definition) is 1. The zero-order valence-corrected chi connectivity index (χ0v) is 13.3. The Kier molecular flexibility index (Phi) is 5.80. The van der Waals surface area contributed by atoms with Gasteiger partial charge in [-0.3, -0.25) is 0 Å². The molecule has 1 unspecified atom stereocenters. The van der Waals surface area contributed by atoms with E-state index in [9.17, 15) is 4.39 Å². The summed E-state index contributed by atoms with van der Waals surface area (Å²) in [5, 5.41) is 3.45. The molecule has 0 heterocycles. The van der Waals surface area contributed by atoms with Crippen LogP contribution in [0.25, 0.3) is 0 Å². The lowest BCUT2D eigenvalue weighted by molar-refractivity contribution is 0.308. The van der Waals surface area contributed by atoms with Gasteiger partial charge < -0.3 is 5.32 Å². The summed E-state index contributed by atoms with van der Waals surface area (Å²) in [5.41, 5.74) is 1.02. The second-order valence-corrected chi connectivity index (χ2v) is 6.87. The van der Waals surface area contributed by atoms with Crippen LogP contribution in [0, 0.1) is 11.2 Å². The van der Waals surface area contributed by atoms with Gasteiger partial charge in [-0.15, -0.1) is 0 Å². The monoisotopic (exact) mass is 315 g/mol. The second-order valence-electron chi connectivity index (χ2n) is 5.96. The molecule has 0 bridgehead atoms. The Morgan fingerprint density at radius 2 is 2.00 bits per heavy atom. The third-order valence-corrected chi connectivity index (χ3v) is 3.32. The van der Waals surface area contributed by atoms with E-state index in [0.717, 1.165) is 29.4 Å². The minimum Gasteiger partial charge on any atom is -0.314 e. The van der Waals surface area contributed by atoms with Crippen molar-refractivity contribution in [3.63, 3.8) is 0 Å². The highest BCUT2D eigenvalue weighted by Gasteiger charge is 2.19. The average molecular weight is 316 g/mol. The van der Waals surface area contributed by atoms with E-state index in [1.165, 1.54) is 6.07 Å². The number of nitrogens with one attached hydrogen (secondary N) is 1. The van der Waals surface area contributed by atoms with Crippen LogP contribution in [0.1, 0.15) is 39.7 Å². The molecule has 0 aliphatic carbocycles. The van der Waals surface area contributed by atoms with Gasteiger partial charge in [-0.1, -0.05) is 43.6 Å². The van der Waals surface area contributed by atoms with Gasteiger partial charge in [-0.25, -0.2) is 4.39 Å². The van der Waals surface area contributed by atoms with E-state index >= 15 is 0 Å². The molecule has 102 valence electrons. The molecule has 0 saturated heterocycles. The number of rotatable bonds is 5. The standard InChI is InChI=1S/C15H23BrFN/c1-5-18-13(10-15(2,3)4)9-11-8-12(16)6-7-14(11)17/h6-8,13,18H,5,9-10H2,1-4H3. The second kappa shape index (κ2) is 6.67.